The summed E-state index contributed by atoms with van der Waals surface area (Å²) in [6.45, 7) is 0.487. The van der Waals surface area contributed by atoms with Gasteiger partial charge in [0.25, 0.3) is 0 Å². The van der Waals surface area contributed by atoms with E-state index in [1.165, 1.54) is 18.2 Å². The van der Waals surface area contributed by atoms with E-state index < -0.39 is 15.8 Å². The zero-order valence-electron chi connectivity index (χ0n) is 12.0. The van der Waals surface area contributed by atoms with Crippen LogP contribution in [0.3, 0.4) is 0 Å². The second kappa shape index (κ2) is 6.61. The van der Waals surface area contributed by atoms with Crippen LogP contribution >= 0.6 is 11.3 Å². The van der Waals surface area contributed by atoms with Gasteiger partial charge in [-0.05, 0) is 29.6 Å². The molecule has 2 heterocycles. The molecule has 0 unspecified atom stereocenters. The first kappa shape index (κ1) is 15.9. The van der Waals surface area contributed by atoms with E-state index in [2.05, 4.69) is 9.82 Å². The van der Waals surface area contributed by atoms with Crippen LogP contribution in [-0.2, 0) is 16.6 Å². The minimum Gasteiger partial charge on any atom is -0.271 e. The molecular weight excluding hydrogens is 337 g/mol. The second-order valence-corrected chi connectivity index (χ2v) is 7.45. The van der Waals surface area contributed by atoms with Crippen LogP contribution in [0.1, 0.15) is 0 Å². The van der Waals surface area contributed by atoms with Gasteiger partial charge in [0.2, 0.25) is 10.0 Å². The van der Waals surface area contributed by atoms with E-state index in [0.717, 1.165) is 16.6 Å². The van der Waals surface area contributed by atoms with E-state index >= 15 is 0 Å². The fourth-order valence-corrected chi connectivity index (χ4v) is 3.87. The second-order valence-electron chi connectivity index (χ2n) is 4.77. The molecule has 3 aromatic rings. The van der Waals surface area contributed by atoms with E-state index in [0.29, 0.717) is 6.54 Å². The summed E-state index contributed by atoms with van der Waals surface area (Å²) in [7, 11) is -3.86. The molecule has 23 heavy (non-hydrogen) atoms. The Bertz CT molecular complexity index is 889. The molecule has 0 amide bonds. The zero-order valence-corrected chi connectivity index (χ0v) is 13.6. The fraction of sp³-hybridized carbons (Fsp3) is 0.133. The van der Waals surface area contributed by atoms with Gasteiger partial charge >= 0.3 is 0 Å². The Morgan fingerprint density at radius 1 is 1.17 bits per heavy atom. The van der Waals surface area contributed by atoms with Crippen molar-refractivity contribution in [3.8, 4) is 10.6 Å². The van der Waals surface area contributed by atoms with Gasteiger partial charge in [0.1, 0.15) is 16.4 Å². The number of aromatic nitrogens is 2. The zero-order chi connectivity index (χ0) is 16.3. The molecule has 1 aromatic carbocycles. The van der Waals surface area contributed by atoms with E-state index in [1.54, 1.807) is 22.2 Å². The van der Waals surface area contributed by atoms with Crippen LogP contribution in [-0.4, -0.2) is 24.7 Å². The highest BCUT2D eigenvalue weighted by atomic mass is 32.2. The highest BCUT2D eigenvalue weighted by Crippen LogP contribution is 2.22. The molecule has 0 fully saturated rings. The van der Waals surface area contributed by atoms with Gasteiger partial charge in [-0.25, -0.2) is 17.5 Å². The lowest BCUT2D eigenvalue weighted by molar-refractivity contribution is 0.545. The maximum absolute atomic E-state index is 13.6. The van der Waals surface area contributed by atoms with Crippen molar-refractivity contribution in [2.75, 3.05) is 6.54 Å². The summed E-state index contributed by atoms with van der Waals surface area (Å²) in [4.78, 5) is 0.704. The van der Waals surface area contributed by atoms with Crippen molar-refractivity contribution >= 4 is 21.4 Å². The predicted molar refractivity (Wildman–Crippen MR) is 87.1 cm³/mol. The van der Waals surface area contributed by atoms with Crippen molar-refractivity contribution in [2.24, 2.45) is 0 Å². The van der Waals surface area contributed by atoms with Crippen molar-refractivity contribution in [2.45, 2.75) is 11.4 Å². The number of hydrogen-bond donors (Lipinski definition) is 1. The smallest absolute Gasteiger partial charge is 0.243 e. The van der Waals surface area contributed by atoms with Gasteiger partial charge in [-0.15, -0.1) is 11.3 Å². The molecule has 0 atom stereocenters. The summed E-state index contributed by atoms with van der Waals surface area (Å²) in [6.07, 6.45) is 1.78. The predicted octanol–water partition coefficient (Wildman–Crippen LogP) is 2.73. The van der Waals surface area contributed by atoms with Gasteiger partial charge in [-0.3, -0.25) is 4.68 Å². The van der Waals surface area contributed by atoms with Crippen molar-refractivity contribution < 1.29 is 12.8 Å². The molecule has 120 valence electrons. The van der Waals surface area contributed by atoms with Crippen LogP contribution in [0.25, 0.3) is 10.6 Å². The fourth-order valence-electron chi connectivity index (χ4n) is 2.08. The normalized spacial score (nSPS) is 11.7. The number of rotatable bonds is 6. The SMILES string of the molecule is O=S(=O)(NCCn1ccc(-c2cccs2)n1)c1ccccc1F. The minimum absolute atomic E-state index is 0.127. The standard InChI is InChI=1S/C15H14FN3O2S2/c16-12-4-1-2-6-15(12)23(20,21)17-8-10-19-9-7-13(18-19)14-5-3-11-22-14/h1-7,9,11,17H,8,10H2. The van der Waals surface area contributed by atoms with Gasteiger partial charge in [0.15, 0.2) is 0 Å². The van der Waals surface area contributed by atoms with Crippen LogP contribution < -0.4 is 4.72 Å². The summed E-state index contributed by atoms with van der Waals surface area (Å²) in [5.74, 6) is -0.765. The van der Waals surface area contributed by atoms with Gasteiger partial charge in [-0.1, -0.05) is 18.2 Å². The number of sulfonamides is 1. The first-order valence-corrected chi connectivity index (χ1v) is 9.24. The first-order valence-electron chi connectivity index (χ1n) is 6.88. The average Bonchev–Trinajstić information content (AvgIpc) is 3.18. The summed E-state index contributed by atoms with van der Waals surface area (Å²) < 4.78 is 41.7. The molecular formula is C15H14FN3O2S2. The lowest BCUT2D eigenvalue weighted by atomic mass is 10.3. The van der Waals surface area contributed by atoms with Crippen LogP contribution in [0.4, 0.5) is 4.39 Å². The van der Waals surface area contributed by atoms with Gasteiger partial charge in [0, 0.05) is 12.7 Å². The molecule has 2 aromatic heterocycles. The summed E-state index contributed by atoms with van der Waals surface area (Å²) in [5.41, 5.74) is 0.844. The average molecular weight is 351 g/mol. The Balaban J connectivity index is 1.62. The Morgan fingerprint density at radius 3 is 2.74 bits per heavy atom. The number of nitrogens with one attached hydrogen (secondary N) is 1. The molecule has 0 aliphatic rings. The highest BCUT2D eigenvalue weighted by molar-refractivity contribution is 7.89. The maximum atomic E-state index is 13.6. The molecule has 0 radical (unpaired) electrons. The van der Waals surface area contributed by atoms with Gasteiger partial charge in [0.05, 0.1) is 11.4 Å². The highest BCUT2D eigenvalue weighted by Gasteiger charge is 2.17. The Kier molecular flexibility index (Phi) is 4.56. The van der Waals surface area contributed by atoms with E-state index in [1.807, 2.05) is 23.6 Å². The van der Waals surface area contributed by atoms with Gasteiger partial charge < -0.3 is 0 Å². The first-order chi connectivity index (χ1) is 11.1. The van der Waals surface area contributed by atoms with Crippen molar-refractivity contribution in [1.29, 1.82) is 0 Å². The molecule has 0 saturated heterocycles. The molecule has 3 rings (SSSR count). The Labute approximate surface area is 137 Å². The molecule has 0 aliphatic heterocycles. The molecule has 0 aliphatic carbocycles. The van der Waals surface area contributed by atoms with Gasteiger partial charge in [-0.2, -0.15) is 5.10 Å². The van der Waals surface area contributed by atoms with Crippen LogP contribution in [0.15, 0.2) is 58.9 Å². The molecule has 0 spiro atoms. The minimum atomic E-state index is -3.86. The van der Waals surface area contributed by atoms with Crippen LogP contribution in [0.2, 0.25) is 0 Å². The van der Waals surface area contributed by atoms with Crippen LogP contribution in [0, 0.1) is 5.82 Å². The Morgan fingerprint density at radius 2 is 2.00 bits per heavy atom. The number of thiophene rings is 1. The third-order valence-electron chi connectivity index (χ3n) is 3.17. The summed E-state index contributed by atoms with van der Waals surface area (Å²) in [6, 6.07) is 11.1. The monoisotopic (exact) mass is 351 g/mol. The third kappa shape index (κ3) is 3.66. The van der Waals surface area contributed by atoms with Crippen molar-refractivity contribution in [1.82, 2.24) is 14.5 Å². The number of benzene rings is 1. The molecule has 0 saturated carbocycles. The molecule has 1 N–H and O–H groups in total. The summed E-state index contributed by atoms with van der Waals surface area (Å²) >= 11 is 1.59. The molecule has 0 bridgehead atoms. The van der Waals surface area contributed by atoms with E-state index in [-0.39, 0.29) is 11.4 Å². The quantitative estimate of drug-likeness (QED) is 0.743. The van der Waals surface area contributed by atoms with Crippen molar-refractivity contribution in [3.05, 3.63) is 59.9 Å². The number of nitrogens with zero attached hydrogens (tertiary/aromatic N) is 2. The maximum Gasteiger partial charge on any atom is 0.243 e. The molecule has 8 heteroatoms. The largest absolute Gasteiger partial charge is 0.271 e. The number of hydrogen-bond acceptors (Lipinski definition) is 4. The summed E-state index contributed by atoms with van der Waals surface area (Å²) in [5, 5.41) is 6.35. The number of halogens is 1. The lowest BCUT2D eigenvalue weighted by Crippen LogP contribution is -2.28. The lowest BCUT2D eigenvalue weighted by Gasteiger charge is -2.07. The van der Waals surface area contributed by atoms with E-state index in [4.69, 9.17) is 0 Å². The molecule has 5 nitrogen and oxygen atoms in total. The van der Waals surface area contributed by atoms with Crippen molar-refractivity contribution in [3.63, 3.8) is 0 Å². The van der Waals surface area contributed by atoms with Crippen LogP contribution in [0.5, 0.6) is 0 Å². The Hall–Kier alpha value is -2.03. The topological polar surface area (TPSA) is 64.0 Å². The third-order valence-corrected chi connectivity index (χ3v) is 5.56. The van der Waals surface area contributed by atoms with E-state index in [9.17, 15) is 12.8 Å².